The van der Waals surface area contributed by atoms with Crippen LogP contribution >= 0.6 is 0 Å². The Morgan fingerprint density at radius 1 is 1.19 bits per heavy atom. The number of rotatable bonds is 5. The van der Waals surface area contributed by atoms with Gasteiger partial charge < -0.3 is 15.5 Å². The molecule has 3 nitrogen and oxygen atoms in total. The summed E-state index contributed by atoms with van der Waals surface area (Å²) in [5, 5.41) is 21.9. The molecular weight excluding hydrogens is 202 g/mol. The van der Waals surface area contributed by atoms with E-state index in [2.05, 4.69) is 19.2 Å². The van der Waals surface area contributed by atoms with E-state index in [9.17, 15) is 10.2 Å². The molecular formula is C13H27NO2. The van der Waals surface area contributed by atoms with Gasteiger partial charge in [0.15, 0.2) is 0 Å². The van der Waals surface area contributed by atoms with Crippen LogP contribution < -0.4 is 5.32 Å². The minimum absolute atomic E-state index is 0.0364. The average molecular weight is 229 g/mol. The zero-order valence-corrected chi connectivity index (χ0v) is 10.9. The van der Waals surface area contributed by atoms with Crippen molar-refractivity contribution in [3.05, 3.63) is 0 Å². The first-order chi connectivity index (χ1) is 7.41. The lowest BCUT2D eigenvalue weighted by Crippen LogP contribution is -2.44. The summed E-state index contributed by atoms with van der Waals surface area (Å²) in [5.41, 5.74) is 0.113. The predicted octanol–water partition coefficient (Wildman–Crippen LogP) is 1.54. The summed E-state index contributed by atoms with van der Waals surface area (Å²) in [6.45, 7) is 7.34. The van der Waals surface area contributed by atoms with E-state index in [1.54, 1.807) is 0 Å². The summed E-state index contributed by atoms with van der Waals surface area (Å²) < 4.78 is 0. The molecule has 0 aromatic heterocycles. The monoisotopic (exact) mass is 229 g/mol. The van der Waals surface area contributed by atoms with Gasteiger partial charge in [-0.3, -0.25) is 0 Å². The van der Waals surface area contributed by atoms with Crippen LogP contribution in [0.3, 0.4) is 0 Å². The second-order valence-corrected chi connectivity index (χ2v) is 6.45. The van der Waals surface area contributed by atoms with Crippen LogP contribution in [0.5, 0.6) is 0 Å². The van der Waals surface area contributed by atoms with Crippen LogP contribution in [-0.4, -0.2) is 36.0 Å². The van der Waals surface area contributed by atoms with E-state index < -0.39 is 0 Å². The molecule has 0 aliphatic heterocycles. The van der Waals surface area contributed by atoms with Gasteiger partial charge in [-0.2, -0.15) is 0 Å². The van der Waals surface area contributed by atoms with Crippen molar-refractivity contribution in [1.29, 1.82) is 0 Å². The molecule has 1 aliphatic carbocycles. The van der Waals surface area contributed by atoms with E-state index in [4.69, 9.17) is 0 Å². The molecule has 96 valence electrons. The Kier molecular flexibility index (Phi) is 4.77. The first-order valence-electron chi connectivity index (χ1n) is 6.36. The lowest BCUT2D eigenvalue weighted by Gasteiger charge is -2.36. The fraction of sp³-hybridized carbons (Fsp3) is 1.00. The molecule has 0 heterocycles. The summed E-state index contributed by atoms with van der Waals surface area (Å²) in [6.07, 6.45) is 4.94. The predicted molar refractivity (Wildman–Crippen MR) is 66.3 cm³/mol. The molecule has 0 spiro atoms. The van der Waals surface area contributed by atoms with Crippen LogP contribution in [0.15, 0.2) is 0 Å². The van der Waals surface area contributed by atoms with Gasteiger partial charge >= 0.3 is 0 Å². The van der Waals surface area contributed by atoms with Crippen molar-refractivity contribution in [3.8, 4) is 0 Å². The second kappa shape index (κ2) is 5.48. The Hall–Kier alpha value is -0.120. The molecule has 3 N–H and O–H groups in total. The van der Waals surface area contributed by atoms with Crippen molar-refractivity contribution < 1.29 is 10.2 Å². The number of aliphatic hydroxyl groups is 2. The van der Waals surface area contributed by atoms with Crippen LogP contribution in [0.4, 0.5) is 0 Å². The minimum Gasteiger partial charge on any atom is -0.396 e. The Labute approximate surface area is 99.3 Å². The highest BCUT2D eigenvalue weighted by atomic mass is 16.3. The van der Waals surface area contributed by atoms with Gasteiger partial charge in [0.1, 0.15) is 0 Å². The molecule has 0 aromatic carbocycles. The van der Waals surface area contributed by atoms with Gasteiger partial charge in [0.2, 0.25) is 0 Å². The maximum Gasteiger partial charge on any atom is 0.0518 e. The fourth-order valence-corrected chi connectivity index (χ4v) is 2.16. The van der Waals surface area contributed by atoms with Gasteiger partial charge in [-0.15, -0.1) is 0 Å². The molecule has 0 atom stereocenters. The highest BCUT2D eigenvalue weighted by Gasteiger charge is 2.28. The molecule has 1 fully saturated rings. The maximum absolute atomic E-state index is 9.20. The number of nitrogens with one attached hydrogen (secondary N) is 1. The number of aliphatic hydroxyl groups excluding tert-OH is 2. The Morgan fingerprint density at radius 3 is 2.12 bits per heavy atom. The fourth-order valence-electron chi connectivity index (χ4n) is 2.16. The molecule has 1 saturated carbocycles. The van der Waals surface area contributed by atoms with Gasteiger partial charge in [0.05, 0.1) is 13.2 Å². The smallest absolute Gasteiger partial charge is 0.0518 e. The van der Waals surface area contributed by atoms with E-state index >= 15 is 0 Å². The molecule has 0 saturated heterocycles. The Morgan fingerprint density at radius 2 is 1.69 bits per heavy atom. The summed E-state index contributed by atoms with van der Waals surface area (Å²) in [7, 11) is 0. The maximum atomic E-state index is 9.20. The van der Waals surface area contributed by atoms with Crippen molar-refractivity contribution >= 4 is 0 Å². The van der Waals surface area contributed by atoms with Crippen molar-refractivity contribution in [1.82, 2.24) is 5.32 Å². The molecule has 0 amide bonds. The molecule has 16 heavy (non-hydrogen) atoms. The highest BCUT2D eigenvalue weighted by Crippen LogP contribution is 2.35. The van der Waals surface area contributed by atoms with Gasteiger partial charge in [-0.05, 0) is 31.1 Å². The van der Waals surface area contributed by atoms with Crippen molar-refractivity contribution in [3.63, 3.8) is 0 Å². The third kappa shape index (κ3) is 4.04. The first kappa shape index (κ1) is 13.9. The first-order valence-corrected chi connectivity index (χ1v) is 6.36. The van der Waals surface area contributed by atoms with Gasteiger partial charge in [0.25, 0.3) is 0 Å². The van der Waals surface area contributed by atoms with E-state index in [0.717, 1.165) is 0 Å². The standard InChI is InChI=1S/C13H27NO2/c1-12(2)6-4-11(5-7-12)14-8-13(3,9-15)10-16/h11,14-16H,4-10H2,1-3H3. The molecule has 0 radical (unpaired) electrons. The van der Waals surface area contributed by atoms with E-state index in [-0.39, 0.29) is 18.6 Å². The molecule has 1 rings (SSSR count). The van der Waals surface area contributed by atoms with Gasteiger partial charge in [-0.25, -0.2) is 0 Å². The summed E-state index contributed by atoms with van der Waals surface area (Å²) in [6, 6.07) is 0.561. The van der Waals surface area contributed by atoms with Crippen molar-refractivity contribution in [2.45, 2.75) is 52.5 Å². The van der Waals surface area contributed by atoms with Crippen LogP contribution in [0.2, 0.25) is 0 Å². The van der Waals surface area contributed by atoms with Gasteiger partial charge in [0, 0.05) is 18.0 Å². The van der Waals surface area contributed by atoms with Crippen LogP contribution in [0.1, 0.15) is 46.5 Å². The van der Waals surface area contributed by atoms with Crippen LogP contribution in [-0.2, 0) is 0 Å². The van der Waals surface area contributed by atoms with E-state index in [0.29, 0.717) is 18.0 Å². The van der Waals surface area contributed by atoms with Crippen LogP contribution in [0.25, 0.3) is 0 Å². The SMILES string of the molecule is CC1(C)CCC(NCC(C)(CO)CO)CC1. The van der Waals surface area contributed by atoms with E-state index in [1.807, 2.05) is 6.92 Å². The topological polar surface area (TPSA) is 52.5 Å². The quantitative estimate of drug-likeness (QED) is 0.670. The zero-order valence-electron chi connectivity index (χ0n) is 10.9. The molecule has 0 bridgehead atoms. The largest absolute Gasteiger partial charge is 0.396 e. The molecule has 3 heteroatoms. The Balaban J connectivity index is 2.29. The molecule has 1 aliphatic rings. The summed E-state index contributed by atoms with van der Waals surface area (Å²) in [4.78, 5) is 0. The molecule has 0 aromatic rings. The van der Waals surface area contributed by atoms with Crippen LogP contribution in [0, 0.1) is 10.8 Å². The van der Waals surface area contributed by atoms with Gasteiger partial charge in [-0.1, -0.05) is 20.8 Å². The zero-order chi connectivity index (χ0) is 12.2. The highest BCUT2D eigenvalue weighted by molar-refractivity contribution is 4.84. The summed E-state index contributed by atoms with van der Waals surface area (Å²) in [5.74, 6) is 0. The van der Waals surface area contributed by atoms with E-state index in [1.165, 1.54) is 25.7 Å². The lowest BCUT2D eigenvalue weighted by atomic mass is 9.75. The lowest BCUT2D eigenvalue weighted by molar-refractivity contribution is 0.0638. The second-order valence-electron chi connectivity index (χ2n) is 6.45. The number of hydrogen-bond donors (Lipinski definition) is 3. The molecule has 0 unspecified atom stereocenters. The van der Waals surface area contributed by atoms with Crippen molar-refractivity contribution in [2.75, 3.05) is 19.8 Å². The minimum atomic E-state index is -0.382. The third-order valence-corrected chi connectivity index (χ3v) is 3.92. The third-order valence-electron chi connectivity index (χ3n) is 3.92. The average Bonchev–Trinajstić information content (AvgIpc) is 2.27. The normalized spacial score (nSPS) is 22.3. The Bertz CT molecular complexity index is 202. The number of hydrogen-bond acceptors (Lipinski definition) is 3. The summed E-state index contributed by atoms with van der Waals surface area (Å²) >= 11 is 0. The van der Waals surface area contributed by atoms with Crippen molar-refractivity contribution in [2.24, 2.45) is 10.8 Å².